The van der Waals surface area contributed by atoms with Gasteiger partial charge in [0.05, 0.1) is 0 Å². The molecule has 1 aromatic carbocycles. The third-order valence-corrected chi connectivity index (χ3v) is 4.23. The number of carbonyl (C=O) groups excluding carboxylic acids is 1. The van der Waals surface area contributed by atoms with Gasteiger partial charge in [-0.3, -0.25) is 4.79 Å². The van der Waals surface area contributed by atoms with Gasteiger partial charge in [0.15, 0.2) is 5.78 Å². The van der Waals surface area contributed by atoms with Gasteiger partial charge in [0, 0.05) is 16.0 Å². The van der Waals surface area contributed by atoms with Gasteiger partial charge < -0.3 is 5.11 Å². The number of hydrogen-bond acceptors (Lipinski definition) is 2. The van der Waals surface area contributed by atoms with E-state index in [0.717, 1.165) is 22.9 Å². The van der Waals surface area contributed by atoms with Crippen molar-refractivity contribution >= 4 is 21.7 Å². The van der Waals surface area contributed by atoms with Crippen LogP contribution in [0.15, 0.2) is 22.7 Å². The fraction of sp³-hybridized carbons (Fsp3) is 0.588. The molecule has 2 atom stereocenters. The molecule has 0 radical (unpaired) electrons. The highest BCUT2D eigenvalue weighted by Gasteiger charge is 2.31. The molecule has 0 aromatic heterocycles. The molecule has 2 rings (SSSR count). The predicted octanol–water partition coefficient (Wildman–Crippen LogP) is 5.08. The monoisotopic (exact) mass is 376 g/mol. The molecular weight excluding hydrogens is 354 g/mol. The minimum Gasteiger partial charge on any atom is -0.339 e. The molecule has 1 N–H and O–H groups in total. The Bertz CT molecular complexity index is 501. The van der Waals surface area contributed by atoms with Crippen LogP contribution in [-0.4, -0.2) is 17.5 Å². The van der Waals surface area contributed by atoms with Crippen LogP contribution in [0, 0.1) is 17.8 Å². The molecule has 124 valence electrons. The van der Waals surface area contributed by atoms with Crippen LogP contribution in [0.4, 0.5) is 8.78 Å². The molecule has 2 nitrogen and oxygen atoms in total. The van der Waals surface area contributed by atoms with Crippen LogP contribution >= 0.6 is 15.9 Å². The molecule has 1 unspecified atom stereocenters. The lowest BCUT2D eigenvalue weighted by atomic mass is 9.87. The first kappa shape index (κ1) is 19.2. The van der Waals surface area contributed by atoms with Crippen molar-refractivity contribution in [2.45, 2.75) is 46.6 Å². The fourth-order valence-corrected chi connectivity index (χ4v) is 3.47. The number of fused-ring (bicyclic) bond motifs is 1. The van der Waals surface area contributed by atoms with Crippen LogP contribution in [-0.2, 0) is 6.42 Å². The quantitative estimate of drug-likeness (QED) is 0.795. The second-order valence-electron chi connectivity index (χ2n) is 6.31. The molecule has 22 heavy (non-hydrogen) atoms. The number of halogens is 3. The van der Waals surface area contributed by atoms with Gasteiger partial charge in [-0.1, -0.05) is 42.8 Å². The SMILES string of the molecule is CC(C)CC(C)C[C@H]1Cc2ccc(Br)cc2C1=O.OC(F)F. The number of rotatable bonds is 4. The number of ketones is 1. The molecule has 0 saturated carbocycles. The van der Waals surface area contributed by atoms with Gasteiger partial charge in [0.2, 0.25) is 0 Å². The van der Waals surface area contributed by atoms with Crippen LogP contribution in [0.1, 0.15) is 49.5 Å². The number of carbonyl (C=O) groups is 1. The lowest BCUT2D eigenvalue weighted by molar-refractivity contribution is -0.0728. The van der Waals surface area contributed by atoms with Gasteiger partial charge in [-0.25, -0.2) is 0 Å². The number of alkyl halides is 2. The van der Waals surface area contributed by atoms with Crippen LogP contribution in [0.25, 0.3) is 0 Å². The Balaban J connectivity index is 0.000000541. The topological polar surface area (TPSA) is 37.3 Å². The molecule has 1 aliphatic rings. The molecule has 5 heteroatoms. The van der Waals surface area contributed by atoms with Crippen molar-refractivity contribution in [1.29, 1.82) is 0 Å². The second-order valence-corrected chi connectivity index (χ2v) is 7.23. The van der Waals surface area contributed by atoms with Crippen LogP contribution in [0.5, 0.6) is 0 Å². The van der Waals surface area contributed by atoms with Crippen molar-refractivity contribution in [3.05, 3.63) is 33.8 Å². The highest BCUT2D eigenvalue weighted by molar-refractivity contribution is 9.10. The van der Waals surface area contributed by atoms with E-state index in [1.165, 1.54) is 12.0 Å². The van der Waals surface area contributed by atoms with Gasteiger partial charge in [-0.15, -0.1) is 0 Å². The number of aliphatic hydroxyl groups is 1. The van der Waals surface area contributed by atoms with E-state index in [9.17, 15) is 13.6 Å². The molecule has 0 saturated heterocycles. The van der Waals surface area contributed by atoms with Crippen molar-refractivity contribution in [2.75, 3.05) is 0 Å². The smallest absolute Gasteiger partial charge is 0.339 e. The van der Waals surface area contributed by atoms with Crippen molar-refractivity contribution in [3.63, 3.8) is 0 Å². The summed E-state index contributed by atoms with van der Waals surface area (Å²) in [5, 5.41) is 6.72. The Morgan fingerprint density at radius 2 is 1.91 bits per heavy atom. The molecule has 0 aliphatic heterocycles. The highest BCUT2D eigenvalue weighted by Crippen LogP contribution is 2.33. The summed E-state index contributed by atoms with van der Waals surface area (Å²) in [6.45, 7) is 3.60. The first-order valence-electron chi connectivity index (χ1n) is 7.49. The molecule has 0 fully saturated rings. The molecule has 0 spiro atoms. The largest absolute Gasteiger partial charge is 0.342 e. The first-order chi connectivity index (χ1) is 10.2. The maximum Gasteiger partial charge on any atom is 0.342 e. The van der Waals surface area contributed by atoms with Crippen molar-refractivity contribution in [1.82, 2.24) is 0 Å². The minimum atomic E-state index is -3.17. The van der Waals surface area contributed by atoms with Gasteiger partial charge in [0.1, 0.15) is 0 Å². The van der Waals surface area contributed by atoms with Gasteiger partial charge in [-0.05, 0) is 48.8 Å². The van der Waals surface area contributed by atoms with Gasteiger partial charge in [-0.2, -0.15) is 8.78 Å². The van der Waals surface area contributed by atoms with Crippen molar-refractivity contribution in [2.24, 2.45) is 17.8 Å². The number of benzene rings is 1. The van der Waals surface area contributed by atoms with E-state index >= 15 is 0 Å². The normalized spacial score (nSPS) is 18.2. The molecule has 0 amide bonds. The van der Waals surface area contributed by atoms with Crippen LogP contribution in [0.2, 0.25) is 0 Å². The summed E-state index contributed by atoms with van der Waals surface area (Å²) in [4.78, 5) is 12.3. The first-order valence-corrected chi connectivity index (χ1v) is 8.28. The zero-order valence-corrected chi connectivity index (χ0v) is 14.7. The number of aliphatic hydroxyl groups excluding tert-OH is 1. The lowest BCUT2D eigenvalue weighted by Crippen LogP contribution is -2.14. The average Bonchev–Trinajstić information content (AvgIpc) is 2.65. The average molecular weight is 377 g/mol. The van der Waals surface area contributed by atoms with E-state index in [1.807, 2.05) is 12.1 Å². The predicted molar refractivity (Wildman–Crippen MR) is 87.1 cm³/mol. The zero-order chi connectivity index (χ0) is 16.9. The maximum atomic E-state index is 12.3. The lowest BCUT2D eigenvalue weighted by Gasteiger charge is -2.17. The summed E-state index contributed by atoms with van der Waals surface area (Å²) < 4.78 is 20.8. The standard InChI is InChI=1S/C16H21BrO.CH2F2O/c1-10(2)6-11(3)7-13-8-12-4-5-14(17)9-15(12)16(13)18;2-1(3)4/h4-5,9-11,13H,6-8H2,1-3H3;1,4H/t11?,13-;/m0./s1. The van der Waals surface area contributed by atoms with Crippen molar-refractivity contribution < 1.29 is 18.7 Å². The van der Waals surface area contributed by atoms with Gasteiger partial charge in [0.25, 0.3) is 0 Å². The number of Topliss-reactive ketones (excluding diaryl/α,β-unsaturated/α-hetero) is 1. The second kappa shape index (κ2) is 8.73. The number of hydrogen-bond donors (Lipinski definition) is 1. The van der Waals surface area contributed by atoms with E-state index in [1.54, 1.807) is 0 Å². The minimum absolute atomic E-state index is 0.211. The van der Waals surface area contributed by atoms with Crippen LogP contribution < -0.4 is 0 Å². The summed E-state index contributed by atoms with van der Waals surface area (Å²) >= 11 is 3.44. The Morgan fingerprint density at radius 3 is 2.45 bits per heavy atom. The Hall–Kier alpha value is -0.810. The summed E-state index contributed by atoms with van der Waals surface area (Å²) in [6.07, 6.45) is 3.18. The van der Waals surface area contributed by atoms with Crippen LogP contribution in [0.3, 0.4) is 0 Å². The molecule has 0 heterocycles. The maximum absolute atomic E-state index is 12.3. The highest BCUT2D eigenvalue weighted by atomic mass is 79.9. The molecule has 1 aromatic rings. The third-order valence-electron chi connectivity index (χ3n) is 3.74. The Morgan fingerprint density at radius 1 is 1.32 bits per heavy atom. The fourth-order valence-electron chi connectivity index (χ4n) is 3.11. The molecule has 0 bridgehead atoms. The van der Waals surface area contributed by atoms with E-state index in [2.05, 4.69) is 42.8 Å². The Kier molecular flexibility index (Phi) is 7.63. The van der Waals surface area contributed by atoms with E-state index in [-0.39, 0.29) is 5.92 Å². The molecular formula is C17H23BrF2O2. The third kappa shape index (κ3) is 6.13. The summed E-state index contributed by atoms with van der Waals surface area (Å²) in [5.74, 6) is 1.91. The van der Waals surface area contributed by atoms with E-state index in [4.69, 9.17) is 5.11 Å². The zero-order valence-electron chi connectivity index (χ0n) is 13.2. The van der Waals surface area contributed by atoms with Gasteiger partial charge >= 0.3 is 6.61 Å². The van der Waals surface area contributed by atoms with E-state index in [0.29, 0.717) is 17.6 Å². The van der Waals surface area contributed by atoms with Crippen molar-refractivity contribution in [3.8, 4) is 0 Å². The Labute approximate surface area is 139 Å². The summed E-state index contributed by atoms with van der Waals surface area (Å²) in [5.41, 5.74) is 2.16. The summed E-state index contributed by atoms with van der Waals surface area (Å²) in [6, 6.07) is 6.10. The molecule has 1 aliphatic carbocycles. The summed E-state index contributed by atoms with van der Waals surface area (Å²) in [7, 11) is 0. The van der Waals surface area contributed by atoms with E-state index < -0.39 is 6.61 Å².